The van der Waals surface area contributed by atoms with Crippen molar-refractivity contribution in [2.45, 2.75) is 0 Å². The first kappa shape index (κ1) is 11.1. The van der Waals surface area contributed by atoms with Gasteiger partial charge in [-0.2, -0.15) is 0 Å². The van der Waals surface area contributed by atoms with Crippen LogP contribution in [0.2, 0.25) is 5.02 Å². The summed E-state index contributed by atoms with van der Waals surface area (Å²) in [5.74, 6) is 0. The van der Waals surface area contributed by atoms with Gasteiger partial charge in [0, 0.05) is 16.3 Å². The number of fused-ring (bicyclic) bond motifs is 1. The molecule has 0 unspecified atom stereocenters. The van der Waals surface area contributed by atoms with Crippen molar-refractivity contribution < 1.29 is 0 Å². The minimum absolute atomic E-state index is 0.734. The fraction of sp³-hybridized carbons (Fsp3) is 0. The first-order chi connectivity index (χ1) is 8.75. The Morgan fingerprint density at radius 1 is 0.778 bits per heavy atom. The fourth-order valence-corrected chi connectivity index (χ4v) is 2.35. The normalized spacial score (nSPS) is 10.7. The minimum Gasteiger partial charge on any atom is -0.398 e. The monoisotopic (exact) mass is 253 g/mol. The van der Waals surface area contributed by atoms with Crippen molar-refractivity contribution in [1.82, 2.24) is 0 Å². The highest BCUT2D eigenvalue weighted by Gasteiger charge is 2.07. The molecule has 0 aliphatic carbocycles. The van der Waals surface area contributed by atoms with E-state index in [1.807, 2.05) is 48.5 Å². The van der Waals surface area contributed by atoms with Gasteiger partial charge in [-0.25, -0.2) is 0 Å². The number of hydrogen-bond donors (Lipinski definition) is 1. The number of benzene rings is 3. The van der Waals surface area contributed by atoms with Crippen LogP contribution in [0, 0.1) is 0 Å². The highest BCUT2D eigenvalue weighted by molar-refractivity contribution is 6.30. The summed E-state index contributed by atoms with van der Waals surface area (Å²) in [6.45, 7) is 0. The van der Waals surface area contributed by atoms with Gasteiger partial charge in [0.05, 0.1) is 0 Å². The van der Waals surface area contributed by atoms with Gasteiger partial charge >= 0.3 is 0 Å². The van der Waals surface area contributed by atoms with Crippen LogP contribution in [-0.2, 0) is 0 Å². The summed E-state index contributed by atoms with van der Waals surface area (Å²) in [5, 5.41) is 3.09. The Morgan fingerprint density at radius 3 is 2.28 bits per heavy atom. The highest BCUT2D eigenvalue weighted by Crippen LogP contribution is 2.34. The van der Waals surface area contributed by atoms with Crippen LogP contribution in [0.5, 0.6) is 0 Å². The molecule has 2 N–H and O–H groups in total. The van der Waals surface area contributed by atoms with Crippen LogP contribution < -0.4 is 5.73 Å². The Labute approximate surface area is 111 Å². The van der Waals surface area contributed by atoms with Gasteiger partial charge in [0.2, 0.25) is 0 Å². The van der Waals surface area contributed by atoms with Crippen molar-refractivity contribution in [3.8, 4) is 11.1 Å². The second kappa shape index (κ2) is 4.35. The molecule has 3 aromatic carbocycles. The second-order valence-corrected chi connectivity index (χ2v) is 4.69. The molecule has 18 heavy (non-hydrogen) atoms. The predicted octanol–water partition coefficient (Wildman–Crippen LogP) is 4.74. The lowest BCUT2D eigenvalue weighted by Gasteiger charge is -2.10. The van der Waals surface area contributed by atoms with E-state index in [9.17, 15) is 0 Å². The van der Waals surface area contributed by atoms with Gasteiger partial charge in [0.15, 0.2) is 0 Å². The van der Waals surface area contributed by atoms with E-state index in [-0.39, 0.29) is 0 Å². The Balaban J connectivity index is 2.33. The molecule has 0 saturated heterocycles. The van der Waals surface area contributed by atoms with Crippen molar-refractivity contribution in [2.75, 3.05) is 5.73 Å². The van der Waals surface area contributed by atoms with Gasteiger partial charge in [-0.3, -0.25) is 0 Å². The number of halogens is 1. The lowest BCUT2D eigenvalue weighted by molar-refractivity contribution is 1.64. The van der Waals surface area contributed by atoms with Crippen LogP contribution in [0.1, 0.15) is 0 Å². The summed E-state index contributed by atoms with van der Waals surface area (Å²) in [6.07, 6.45) is 0. The number of nitrogen functional groups attached to an aromatic ring is 1. The van der Waals surface area contributed by atoms with E-state index >= 15 is 0 Å². The van der Waals surface area contributed by atoms with E-state index in [0.717, 1.165) is 21.8 Å². The van der Waals surface area contributed by atoms with E-state index in [2.05, 4.69) is 12.1 Å². The Kier molecular flexibility index (Phi) is 2.69. The molecular formula is C16H12ClN. The average molecular weight is 254 g/mol. The van der Waals surface area contributed by atoms with Crippen molar-refractivity contribution in [3.63, 3.8) is 0 Å². The molecule has 0 fully saturated rings. The van der Waals surface area contributed by atoms with Crippen LogP contribution in [0.15, 0.2) is 60.7 Å². The maximum atomic E-state index is 6.12. The standard InChI is InChI=1S/C16H12ClN/c17-13-8-5-12(6-9-13)16-14-4-2-1-3-11(14)7-10-15(16)18/h1-10H,18H2. The summed E-state index contributed by atoms with van der Waals surface area (Å²) in [4.78, 5) is 0. The van der Waals surface area contributed by atoms with Crippen LogP contribution in [0.3, 0.4) is 0 Å². The average Bonchev–Trinajstić information content (AvgIpc) is 2.40. The molecule has 0 aliphatic heterocycles. The molecule has 1 nitrogen and oxygen atoms in total. The van der Waals surface area contributed by atoms with Crippen molar-refractivity contribution in [1.29, 1.82) is 0 Å². The number of nitrogens with two attached hydrogens (primary N) is 1. The number of anilines is 1. The van der Waals surface area contributed by atoms with E-state index in [1.165, 1.54) is 10.8 Å². The highest BCUT2D eigenvalue weighted by atomic mass is 35.5. The molecule has 0 aliphatic rings. The van der Waals surface area contributed by atoms with E-state index in [0.29, 0.717) is 0 Å². The molecule has 0 aromatic heterocycles. The smallest absolute Gasteiger partial charge is 0.0406 e. The summed E-state index contributed by atoms with van der Waals surface area (Å²) in [5.41, 5.74) is 9.08. The second-order valence-electron chi connectivity index (χ2n) is 4.26. The summed E-state index contributed by atoms with van der Waals surface area (Å²) in [7, 11) is 0. The largest absolute Gasteiger partial charge is 0.398 e. The van der Waals surface area contributed by atoms with Crippen LogP contribution in [0.25, 0.3) is 21.9 Å². The SMILES string of the molecule is Nc1ccc2ccccc2c1-c1ccc(Cl)cc1. The molecule has 0 radical (unpaired) electrons. The number of rotatable bonds is 1. The first-order valence-corrected chi connectivity index (χ1v) is 6.17. The quantitative estimate of drug-likeness (QED) is 0.623. The third-order valence-electron chi connectivity index (χ3n) is 3.09. The van der Waals surface area contributed by atoms with Gasteiger partial charge in [-0.05, 0) is 34.5 Å². The van der Waals surface area contributed by atoms with Crippen molar-refractivity contribution in [2.24, 2.45) is 0 Å². The Morgan fingerprint density at radius 2 is 1.50 bits per heavy atom. The Bertz CT molecular complexity index is 702. The molecule has 2 heteroatoms. The van der Waals surface area contributed by atoms with Gasteiger partial charge in [0.25, 0.3) is 0 Å². The first-order valence-electron chi connectivity index (χ1n) is 5.79. The van der Waals surface area contributed by atoms with Gasteiger partial charge in [0.1, 0.15) is 0 Å². The molecule has 0 saturated carbocycles. The minimum atomic E-state index is 0.734. The third-order valence-corrected chi connectivity index (χ3v) is 3.35. The maximum absolute atomic E-state index is 6.12. The van der Waals surface area contributed by atoms with Crippen LogP contribution >= 0.6 is 11.6 Å². The summed E-state index contributed by atoms with van der Waals surface area (Å²) >= 11 is 5.93. The predicted molar refractivity (Wildman–Crippen MR) is 78.8 cm³/mol. The van der Waals surface area contributed by atoms with Gasteiger partial charge in [-0.1, -0.05) is 54.1 Å². The van der Waals surface area contributed by atoms with E-state index in [4.69, 9.17) is 17.3 Å². The molecule has 3 aromatic rings. The number of hydrogen-bond acceptors (Lipinski definition) is 1. The van der Waals surface area contributed by atoms with Gasteiger partial charge < -0.3 is 5.73 Å². The Hall–Kier alpha value is -1.99. The lowest BCUT2D eigenvalue weighted by atomic mass is 9.97. The molecular weight excluding hydrogens is 242 g/mol. The fourth-order valence-electron chi connectivity index (χ4n) is 2.23. The molecule has 88 valence electrons. The van der Waals surface area contributed by atoms with E-state index < -0.39 is 0 Å². The zero-order valence-electron chi connectivity index (χ0n) is 9.73. The van der Waals surface area contributed by atoms with E-state index in [1.54, 1.807) is 0 Å². The summed E-state index contributed by atoms with van der Waals surface area (Å²) < 4.78 is 0. The molecule has 0 spiro atoms. The van der Waals surface area contributed by atoms with Crippen LogP contribution in [0.4, 0.5) is 5.69 Å². The zero-order chi connectivity index (χ0) is 12.5. The molecule has 0 heterocycles. The molecule has 0 bridgehead atoms. The molecule has 3 rings (SSSR count). The summed E-state index contributed by atoms with van der Waals surface area (Å²) in [6, 6.07) is 20.0. The topological polar surface area (TPSA) is 26.0 Å². The van der Waals surface area contributed by atoms with Crippen molar-refractivity contribution in [3.05, 3.63) is 65.7 Å². The van der Waals surface area contributed by atoms with Crippen LogP contribution in [-0.4, -0.2) is 0 Å². The zero-order valence-corrected chi connectivity index (χ0v) is 10.5. The molecule has 0 atom stereocenters. The third kappa shape index (κ3) is 1.83. The van der Waals surface area contributed by atoms with Crippen molar-refractivity contribution >= 4 is 28.1 Å². The lowest BCUT2D eigenvalue weighted by Crippen LogP contribution is -1.91. The van der Waals surface area contributed by atoms with Gasteiger partial charge in [-0.15, -0.1) is 0 Å². The molecule has 0 amide bonds. The maximum Gasteiger partial charge on any atom is 0.0406 e.